The second kappa shape index (κ2) is 9.79. The number of aryl methyl sites for hydroxylation is 2. The van der Waals surface area contributed by atoms with Gasteiger partial charge < -0.3 is 10.6 Å². The van der Waals surface area contributed by atoms with Gasteiger partial charge >= 0.3 is 0 Å². The van der Waals surface area contributed by atoms with Gasteiger partial charge in [0.25, 0.3) is 5.56 Å². The molecule has 0 atom stereocenters. The predicted octanol–water partition coefficient (Wildman–Crippen LogP) is 3.75. The standard InChI is InChI=1S/C25H24N4O3S/c1-3-17-6-4-5-7-20(17)28-21(30)12-26-22(31)13-29-15-27-24-23(25(29)32)19(14-33-24)18-10-8-16(2)9-11-18/h4-11,14-15H,3,12-13H2,1-2H3,(H,26,31)(H,28,30). The number of anilines is 1. The molecule has 0 spiro atoms. The van der Waals surface area contributed by atoms with Gasteiger partial charge in [-0.25, -0.2) is 4.98 Å². The van der Waals surface area contributed by atoms with E-state index in [1.165, 1.54) is 22.2 Å². The Morgan fingerprint density at radius 2 is 1.82 bits per heavy atom. The molecule has 0 saturated carbocycles. The number of carbonyl (C=O) groups excluding carboxylic acids is 2. The minimum atomic E-state index is -0.440. The number of amides is 2. The molecule has 0 unspecified atom stereocenters. The third kappa shape index (κ3) is 5.01. The van der Waals surface area contributed by atoms with Crippen LogP contribution in [0.25, 0.3) is 21.3 Å². The second-order valence-electron chi connectivity index (χ2n) is 7.71. The normalized spacial score (nSPS) is 10.8. The first kappa shape index (κ1) is 22.4. The minimum Gasteiger partial charge on any atom is -0.345 e. The van der Waals surface area contributed by atoms with E-state index in [4.69, 9.17) is 0 Å². The molecule has 0 aliphatic carbocycles. The number of hydrogen-bond donors (Lipinski definition) is 2. The van der Waals surface area contributed by atoms with Crippen molar-refractivity contribution >= 4 is 39.1 Å². The number of rotatable bonds is 7. The van der Waals surface area contributed by atoms with Gasteiger partial charge in [0.2, 0.25) is 11.8 Å². The summed E-state index contributed by atoms with van der Waals surface area (Å²) in [4.78, 5) is 42.8. The van der Waals surface area contributed by atoms with E-state index in [9.17, 15) is 14.4 Å². The fourth-order valence-corrected chi connectivity index (χ4v) is 4.47. The first-order chi connectivity index (χ1) is 16.0. The topological polar surface area (TPSA) is 93.1 Å². The monoisotopic (exact) mass is 460 g/mol. The first-order valence-corrected chi connectivity index (χ1v) is 11.5. The molecule has 2 amide bonds. The average molecular weight is 461 g/mol. The van der Waals surface area contributed by atoms with Crippen LogP contribution in [0.4, 0.5) is 5.69 Å². The van der Waals surface area contributed by atoms with Crippen molar-refractivity contribution in [2.45, 2.75) is 26.8 Å². The van der Waals surface area contributed by atoms with Crippen LogP contribution >= 0.6 is 11.3 Å². The van der Waals surface area contributed by atoms with Crippen molar-refractivity contribution < 1.29 is 9.59 Å². The van der Waals surface area contributed by atoms with Gasteiger partial charge in [0.1, 0.15) is 11.4 Å². The molecule has 4 rings (SSSR count). The lowest BCUT2D eigenvalue weighted by molar-refractivity contribution is -0.124. The summed E-state index contributed by atoms with van der Waals surface area (Å²) in [5.74, 6) is -0.769. The maximum Gasteiger partial charge on any atom is 0.263 e. The largest absolute Gasteiger partial charge is 0.345 e. The molecule has 0 radical (unpaired) electrons. The highest BCUT2D eigenvalue weighted by molar-refractivity contribution is 7.17. The van der Waals surface area contributed by atoms with Crippen molar-refractivity contribution in [1.82, 2.24) is 14.9 Å². The van der Waals surface area contributed by atoms with E-state index >= 15 is 0 Å². The average Bonchev–Trinajstić information content (AvgIpc) is 3.25. The first-order valence-electron chi connectivity index (χ1n) is 10.6. The molecule has 33 heavy (non-hydrogen) atoms. The Balaban J connectivity index is 1.45. The lowest BCUT2D eigenvalue weighted by Crippen LogP contribution is -2.37. The van der Waals surface area contributed by atoms with E-state index in [1.807, 2.05) is 67.8 Å². The van der Waals surface area contributed by atoms with Gasteiger partial charge in [-0.3, -0.25) is 19.0 Å². The zero-order valence-corrected chi connectivity index (χ0v) is 19.2. The van der Waals surface area contributed by atoms with Gasteiger partial charge in [0, 0.05) is 16.6 Å². The number of aromatic nitrogens is 2. The Morgan fingerprint density at radius 3 is 2.58 bits per heavy atom. The molecule has 0 saturated heterocycles. The number of nitrogens with one attached hydrogen (secondary N) is 2. The maximum absolute atomic E-state index is 13.1. The maximum atomic E-state index is 13.1. The molecule has 8 heteroatoms. The van der Waals surface area contributed by atoms with Crippen LogP contribution in [0.15, 0.2) is 65.0 Å². The van der Waals surface area contributed by atoms with Crippen molar-refractivity contribution in [3.05, 3.63) is 81.7 Å². The number of carbonyl (C=O) groups is 2. The highest BCUT2D eigenvalue weighted by Crippen LogP contribution is 2.30. The summed E-state index contributed by atoms with van der Waals surface area (Å²) in [7, 11) is 0. The van der Waals surface area contributed by atoms with Crippen LogP contribution in [0.2, 0.25) is 0 Å². The van der Waals surface area contributed by atoms with Crippen LogP contribution in [-0.2, 0) is 22.6 Å². The van der Waals surface area contributed by atoms with E-state index in [1.54, 1.807) is 0 Å². The van der Waals surface area contributed by atoms with Crippen LogP contribution in [0.5, 0.6) is 0 Å². The van der Waals surface area contributed by atoms with Crippen LogP contribution in [0.1, 0.15) is 18.1 Å². The number of fused-ring (bicyclic) bond motifs is 1. The number of hydrogen-bond acceptors (Lipinski definition) is 5. The molecule has 0 bridgehead atoms. The molecule has 168 valence electrons. The Kier molecular flexibility index (Phi) is 6.65. The molecule has 0 aliphatic rings. The van der Waals surface area contributed by atoms with Crippen LogP contribution in [0, 0.1) is 6.92 Å². The fourth-order valence-electron chi connectivity index (χ4n) is 3.56. The molecule has 0 aliphatic heterocycles. The Morgan fingerprint density at radius 1 is 1.06 bits per heavy atom. The number of nitrogens with zero attached hydrogens (tertiary/aromatic N) is 2. The molecular weight excluding hydrogens is 436 g/mol. The Bertz CT molecular complexity index is 1370. The molecular formula is C25H24N4O3S. The number of thiophene rings is 1. The Labute approximate surface area is 195 Å². The summed E-state index contributed by atoms with van der Waals surface area (Å²) in [5.41, 5.74) is 4.32. The zero-order chi connectivity index (χ0) is 23.4. The fraction of sp³-hybridized carbons (Fsp3) is 0.200. The second-order valence-corrected chi connectivity index (χ2v) is 8.57. The third-order valence-corrected chi connectivity index (χ3v) is 6.24. The van der Waals surface area contributed by atoms with E-state index in [0.717, 1.165) is 34.4 Å². The SMILES string of the molecule is CCc1ccccc1NC(=O)CNC(=O)Cn1cnc2scc(-c3ccc(C)cc3)c2c1=O. The number of para-hydroxylation sites is 1. The molecule has 2 heterocycles. The molecule has 0 fully saturated rings. The van der Waals surface area contributed by atoms with Crippen molar-refractivity contribution in [2.24, 2.45) is 0 Å². The molecule has 2 N–H and O–H groups in total. The van der Waals surface area contributed by atoms with Crippen LogP contribution in [-0.4, -0.2) is 27.9 Å². The van der Waals surface area contributed by atoms with Crippen LogP contribution < -0.4 is 16.2 Å². The van der Waals surface area contributed by atoms with Gasteiger partial charge in [-0.15, -0.1) is 11.3 Å². The third-order valence-electron chi connectivity index (χ3n) is 5.36. The van der Waals surface area contributed by atoms with E-state index in [-0.39, 0.29) is 24.6 Å². The van der Waals surface area contributed by atoms with Gasteiger partial charge in [-0.05, 0) is 30.5 Å². The highest BCUT2D eigenvalue weighted by Gasteiger charge is 2.15. The molecule has 2 aromatic carbocycles. The number of benzene rings is 2. The lowest BCUT2D eigenvalue weighted by atomic mass is 10.1. The van der Waals surface area contributed by atoms with Gasteiger partial charge in [-0.2, -0.15) is 0 Å². The Hall–Kier alpha value is -3.78. The summed E-state index contributed by atoms with van der Waals surface area (Å²) in [6, 6.07) is 15.4. The summed E-state index contributed by atoms with van der Waals surface area (Å²) < 4.78 is 1.27. The van der Waals surface area contributed by atoms with Crippen molar-refractivity contribution in [1.29, 1.82) is 0 Å². The van der Waals surface area contributed by atoms with Gasteiger partial charge in [0.15, 0.2) is 0 Å². The summed E-state index contributed by atoms with van der Waals surface area (Å²) in [6.45, 7) is 3.61. The van der Waals surface area contributed by atoms with Crippen LogP contribution in [0.3, 0.4) is 0 Å². The summed E-state index contributed by atoms with van der Waals surface area (Å²) in [5, 5.41) is 7.79. The van der Waals surface area contributed by atoms with E-state index < -0.39 is 5.91 Å². The predicted molar refractivity (Wildman–Crippen MR) is 132 cm³/mol. The molecule has 2 aromatic heterocycles. The smallest absolute Gasteiger partial charge is 0.263 e. The zero-order valence-electron chi connectivity index (χ0n) is 18.4. The van der Waals surface area contributed by atoms with E-state index in [0.29, 0.717) is 10.2 Å². The van der Waals surface area contributed by atoms with Crippen molar-refractivity contribution in [3.8, 4) is 11.1 Å². The van der Waals surface area contributed by atoms with E-state index in [2.05, 4.69) is 15.6 Å². The quantitative estimate of drug-likeness (QED) is 0.439. The minimum absolute atomic E-state index is 0.186. The molecule has 7 nitrogen and oxygen atoms in total. The summed E-state index contributed by atoms with van der Waals surface area (Å²) >= 11 is 1.39. The van der Waals surface area contributed by atoms with Crippen molar-refractivity contribution in [3.63, 3.8) is 0 Å². The summed E-state index contributed by atoms with van der Waals surface area (Å²) in [6.07, 6.45) is 2.16. The molecule has 4 aromatic rings. The van der Waals surface area contributed by atoms with Crippen molar-refractivity contribution in [2.75, 3.05) is 11.9 Å². The van der Waals surface area contributed by atoms with Gasteiger partial charge in [-0.1, -0.05) is 55.0 Å². The lowest BCUT2D eigenvalue weighted by Gasteiger charge is -2.11. The van der Waals surface area contributed by atoms with Gasteiger partial charge in [0.05, 0.1) is 18.3 Å². The highest BCUT2D eigenvalue weighted by atomic mass is 32.1.